The van der Waals surface area contributed by atoms with E-state index in [1.165, 1.54) is 10.5 Å². The first-order valence-corrected chi connectivity index (χ1v) is 11.8. The number of carbonyl (C=O) groups is 2. The van der Waals surface area contributed by atoms with E-state index in [9.17, 15) is 23.5 Å². The highest BCUT2D eigenvalue weighted by Gasteiger charge is 2.62. The van der Waals surface area contributed by atoms with Crippen LogP contribution in [0.3, 0.4) is 0 Å². The van der Waals surface area contributed by atoms with Gasteiger partial charge >= 0.3 is 12.0 Å². The van der Waals surface area contributed by atoms with Crippen LogP contribution < -0.4 is 14.8 Å². The van der Waals surface area contributed by atoms with Crippen LogP contribution in [0.2, 0.25) is 0 Å². The molecule has 0 saturated heterocycles. The third-order valence-corrected chi connectivity index (χ3v) is 6.61. The average Bonchev–Trinajstić information content (AvgIpc) is 2.82. The van der Waals surface area contributed by atoms with Crippen molar-refractivity contribution in [3.05, 3.63) is 59.7 Å². The minimum Gasteiger partial charge on any atom is -0.486 e. The fraction of sp³-hybridized carbons (Fsp3) is 0.462. The second kappa shape index (κ2) is 10.1. The molecule has 2 aromatic carbocycles. The molecule has 4 rings (SSSR count). The number of nitrogens with zero attached hydrogens (tertiary/aromatic N) is 1. The summed E-state index contributed by atoms with van der Waals surface area (Å²) in [5.74, 6) is -3.36. The van der Waals surface area contributed by atoms with E-state index in [0.717, 1.165) is 18.4 Å². The summed E-state index contributed by atoms with van der Waals surface area (Å²) in [6.07, 6.45) is 0.472. The van der Waals surface area contributed by atoms with Gasteiger partial charge in [0.15, 0.2) is 17.0 Å². The predicted molar refractivity (Wildman–Crippen MR) is 125 cm³/mol. The molecule has 2 aromatic rings. The summed E-state index contributed by atoms with van der Waals surface area (Å²) < 4.78 is 38.4. The van der Waals surface area contributed by atoms with E-state index in [1.54, 1.807) is 12.1 Å². The average molecular weight is 489 g/mol. The molecule has 2 amide bonds. The fourth-order valence-electron chi connectivity index (χ4n) is 4.63. The highest BCUT2D eigenvalue weighted by Crippen LogP contribution is 2.46. The second-order valence-electron chi connectivity index (χ2n) is 9.24. The highest BCUT2D eigenvalue weighted by atomic mass is 19.3. The molecular formula is C26H30F2N2O5. The lowest BCUT2D eigenvalue weighted by atomic mass is 9.73. The largest absolute Gasteiger partial charge is 0.486 e. The molecule has 7 nitrogen and oxygen atoms in total. The van der Waals surface area contributed by atoms with Crippen molar-refractivity contribution in [2.75, 3.05) is 19.8 Å². The number of halogens is 2. The first kappa shape index (κ1) is 24.8. The van der Waals surface area contributed by atoms with Gasteiger partial charge in [-0.2, -0.15) is 0 Å². The lowest BCUT2D eigenvalue weighted by Gasteiger charge is -2.45. The van der Waals surface area contributed by atoms with Gasteiger partial charge in [0, 0.05) is 19.4 Å². The number of nitrogens with one attached hydrogen (secondary N) is 1. The zero-order valence-electron chi connectivity index (χ0n) is 19.6. The SMILES string of the molecule is CC(c1ccc2c(c1)OCCO2)N(CCCCc1ccccc1)C(=O)NC1(C(=O)O)CC(F)(F)C1. The van der Waals surface area contributed by atoms with Crippen molar-refractivity contribution in [2.24, 2.45) is 0 Å². The number of amides is 2. The number of unbranched alkanes of at least 4 members (excludes halogenated alkanes) is 1. The number of carboxylic acid groups (broad SMARTS) is 1. The molecule has 1 fully saturated rings. The van der Waals surface area contributed by atoms with E-state index in [4.69, 9.17) is 9.47 Å². The Bertz CT molecular complexity index is 1050. The van der Waals surface area contributed by atoms with Crippen molar-refractivity contribution in [2.45, 2.75) is 56.5 Å². The summed E-state index contributed by atoms with van der Waals surface area (Å²) in [5.41, 5.74) is -0.00393. The number of fused-ring (bicyclic) bond motifs is 1. The molecule has 1 aliphatic carbocycles. The van der Waals surface area contributed by atoms with E-state index in [0.29, 0.717) is 37.7 Å². The van der Waals surface area contributed by atoms with Crippen LogP contribution in [0.1, 0.15) is 49.8 Å². The Morgan fingerprint density at radius 3 is 2.40 bits per heavy atom. The maximum Gasteiger partial charge on any atom is 0.329 e. The van der Waals surface area contributed by atoms with Gasteiger partial charge in [0.05, 0.1) is 6.04 Å². The van der Waals surface area contributed by atoms with Gasteiger partial charge in [0.25, 0.3) is 5.92 Å². The molecule has 188 valence electrons. The maximum absolute atomic E-state index is 13.6. The van der Waals surface area contributed by atoms with Crippen molar-refractivity contribution in [3.63, 3.8) is 0 Å². The Morgan fingerprint density at radius 2 is 1.74 bits per heavy atom. The Labute approximate surface area is 203 Å². The van der Waals surface area contributed by atoms with Crippen LogP contribution in [0.25, 0.3) is 0 Å². The standard InChI is InChI=1S/C26H30F2N2O5/c1-18(20-10-11-21-22(15-20)35-14-13-34-21)30(12-6-5-9-19-7-3-2-4-8-19)24(33)29-25(23(31)32)16-26(27,28)17-25/h2-4,7-8,10-11,15,18H,5-6,9,12-14,16-17H2,1H3,(H,29,33)(H,31,32). The number of carboxylic acids is 1. The summed E-state index contributed by atoms with van der Waals surface area (Å²) >= 11 is 0. The molecule has 1 heterocycles. The molecule has 0 aromatic heterocycles. The number of ether oxygens (including phenoxy) is 2. The van der Waals surface area contributed by atoms with Crippen LogP contribution in [-0.2, 0) is 11.2 Å². The zero-order chi connectivity index (χ0) is 25.1. The molecule has 2 aliphatic rings. The van der Waals surface area contributed by atoms with E-state index >= 15 is 0 Å². The van der Waals surface area contributed by atoms with Crippen LogP contribution in [0.15, 0.2) is 48.5 Å². The quantitative estimate of drug-likeness (QED) is 0.495. The minimum absolute atomic E-state index is 0.334. The number of aryl methyl sites for hydroxylation is 1. The zero-order valence-corrected chi connectivity index (χ0v) is 19.6. The number of carbonyl (C=O) groups excluding carboxylic acids is 1. The third kappa shape index (κ3) is 5.66. The number of aliphatic carboxylic acids is 1. The topological polar surface area (TPSA) is 88.1 Å². The van der Waals surface area contributed by atoms with Crippen molar-refractivity contribution in [1.29, 1.82) is 0 Å². The van der Waals surface area contributed by atoms with Gasteiger partial charge in [-0.15, -0.1) is 0 Å². The minimum atomic E-state index is -3.10. The normalized spacial score (nSPS) is 18.1. The van der Waals surface area contributed by atoms with E-state index in [1.807, 2.05) is 43.3 Å². The lowest BCUT2D eigenvalue weighted by molar-refractivity contribution is -0.175. The molecular weight excluding hydrogens is 458 g/mol. The van der Waals surface area contributed by atoms with Gasteiger partial charge in [0.2, 0.25) is 0 Å². The fourth-order valence-corrected chi connectivity index (χ4v) is 4.63. The van der Waals surface area contributed by atoms with Crippen LogP contribution in [0, 0.1) is 0 Å². The van der Waals surface area contributed by atoms with Gasteiger partial charge in [-0.1, -0.05) is 36.4 Å². The Hall–Kier alpha value is -3.36. The maximum atomic E-state index is 13.6. The van der Waals surface area contributed by atoms with Crippen LogP contribution in [-0.4, -0.2) is 53.2 Å². The smallest absolute Gasteiger partial charge is 0.329 e. The molecule has 9 heteroatoms. The molecule has 1 atom stereocenters. The number of hydrogen-bond acceptors (Lipinski definition) is 4. The third-order valence-electron chi connectivity index (χ3n) is 6.61. The summed E-state index contributed by atoms with van der Waals surface area (Å²) in [6, 6.07) is 14.2. The predicted octanol–water partition coefficient (Wildman–Crippen LogP) is 4.81. The van der Waals surface area contributed by atoms with Crippen LogP contribution in [0.5, 0.6) is 11.5 Å². The molecule has 35 heavy (non-hydrogen) atoms. The van der Waals surface area contributed by atoms with Gasteiger partial charge < -0.3 is 24.8 Å². The summed E-state index contributed by atoms with van der Waals surface area (Å²) in [5, 5.41) is 12.0. The molecule has 1 unspecified atom stereocenters. The van der Waals surface area contributed by atoms with E-state index < -0.39 is 42.3 Å². The Kier molecular flexibility index (Phi) is 7.14. The molecule has 2 N–H and O–H groups in total. The lowest BCUT2D eigenvalue weighted by Crippen LogP contribution is -2.68. The van der Waals surface area contributed by atoms with Gasteiger partial charge in [0.1, 0.15) is 13.2 Å². The van der Waals surface area contributed by atoms with E-state index in [2.05, 4.69) is 5.32 Å². The van der Waals surface area contributed by atoms with Crippen molar-refractivity contribution >= 4 is 12.0 Å². The van der Waals surface area contributed by atoms with Crippen LogP contribution >= 0.6 is 0 Å². The number of alkyl halides is 2. The summed E-state index contributed by atoms with van der Waals surface area (Å²) in [7, 11) is 0. The highest BCUT2D eigenvalue weighted by molar-refractivity contribution is 5.88. The number of hydrogen-bond donors (Lipinski definition) is 2. The molecule has 0 spiro atoms. The van der Waals surface area contributed by atoms with Crippen LogP contribution in [0.4, 0.5) is 13.6 Å². The molecule has 1 aliphatic heterocycles. The summed E-state index contributed by atoms with van der Waals surface area (Å²) in [4.78, 5) is 26.6. The molecule has 0 radical (unpaired) electrons. The molecule has 0 bridgehead atoms. The first-order chi connectivity index (χ1) is 16.7. The van der Waals surface area contributed by atoms with Gasteiger partial charge in [-0.3, -0.25) is 0 Å². The summed E-state index contributed by atoms with van der Waals surface area (Å²) in [6.45, 7) is 3.04. The van der Waals surface area contributed by atoms with Crippen molar-refractivity contribution < 1.29 is 33.0 Å². The van der Waals surface area contributed by atoms with Crippen molar-refractivity contribution in [3.8, 4) is 11.5 Å². The van der Waals surface area contributed by atoms with Crippen molar-refractivity contribution in [1.82, 2.24) is 10.2 Å². The molecule has 1 saturated carbocycles. The first-order valence-electron chi connectivity index (χ1n) is 11.8. The Balaban J connectivity index is 1.49. The number of urea groups is 1. The number of rotatable bonds is 9. The number of benzene rings is 2. The van der Waals surface area contributed by atoms with Gasteiger partial charge in [-0.25, -0.2) is 18.4 Å². The second-order valence-corrected chi connectivity index (χ2v) is 9.24. The monoisotopic (exact) mass is 488 g/mol. The van der Waals surface area contributed by atoms with E-state index in [-0.39, 0.29) is 0 Å². The Morgan fingerprint density at radius 1 is 1.06 bits per heavy atom. The van der Waals surface area contributed by atoms with Gasteiger partial charge in [-0.05, 0) is 49.4 Å².